The van der Waals surface area contributed by atoms with Crippen molar-refractivity contribution in [1.82, 2.24) is 41.1 Å². The van der Waals surface area contributed by atoms with E-state index in [9.17, 15) is 10.2 Å². The molecule has 0 aromatic carbocycles. The van der Waals surface area contributed by atoms with Crippen LogP contribution in [0.25, 0.3) is 0 Å². The molecule has 3 heterocycles. The molecule has 1 aromatic rings. The maximum atomic E-state index is 11.8. The molecule has 0 spiro atoms. The number of thioether (sulfide) groups is 1. The van der Waals surface area contributed by atoms with Crippen LogP contribution in [0.5, 0.6) is 0 Å². The Bertz CT molecular complexity index is 595. The molecule has 170 valence electrons. The largest absolute Gasteiger partial charge is 2.00 e. The first-order valence-electron chi connectivity index (χ1n) is 7.94. The molecule has 1 aromatic heterocycles. The standard InChI is InChI=1S/C16H22N4O2S.5H3N.Ru/c21-14(18-9-11-5-7-17-8-6-11)4-2-1-3-13-15-12(10-23-13)19-16(22)20-15;;;;;;/h5-8,12-13,15H,1-4,9-10H2,(H,18,21)(H2,19,20,22);5*1H3;/q;;;;;;+2/p-2/t12-,13-,15-;;;;;;/m0....../s1. The third-order valence-corrected chi connectivity index (χ3v) is 5.67. The second-order valence-electron chi connectivity index (χ2n) is 5.86. The minimum absolute atomic E-state index is 0. The third-order valence-electron chi connectivity index (χ3n) is 4.17. The SMILES string of the molecule is N.N.N.N.N.[O-]C(CCCC[C@@H]1SC[C@@H]2NC([O-])=N[C@@H]21)=NCc1ccncc1.[Ru+2]. The van der Waals surface area contributed by atoms with Gasteiger partial charge in [-0.15, -0.1) is 0 Å². The van der Waals surface area contributed by atoms with Crippen LogP contribution < -0.4 is 46.3 Å². The Morgan fingerprint density at radius 1 is 1.14 bits per heavy atom. The molecule has 1 saturated heterocycles. The van der Waals surface area contributed by atoms with Crippen molar-refractivity contribution in [3.8, 4) is 0 Å². The molecule has 0 radical (unpaired) electrons. The van der Waals surface area contributed by atoms with Gasteiger partial charge in [-0.2, -0.15) is 11.8 Å². The predicted molar refractivity (Wildman–Crippen MR) is 113 cm³/mol. The van der Waals surface area contributed by atoms with Gasteiger partial charge in [0.2, 0.25) is 0 Å². The quantitative estimate of drug-likeness (QED) is 0.128. The molecule has 3 rings (SSSR count). The number of rotatable bonds is 7. The molecule has 2 aliphatic heterocycles. The van der Waals surface area contributed by atoms with Crippen LogP contribution in [0, 0.1) is 0 Å². The molecule has 13 heteroatoms. The van der Waals surface area contributed by atoms with Gasteiger partial charge in [-0.1, -0.05) is 6.42 Å². The van der Waals surface area contributed by atoms with Crippen LogP contribution in [0.15, 0.2) is 34.5 Å². The van der Waals surface area contributed by atoms with Gasteiger partial charge >= 0.3 is 19.5 Å². The Balaban J connectivity index is -0.000000521. The number of hydrogen-bond acceptors (Lipinski definition) is 12. The van der Waals surface area contributed by atoms with Crippen LogP contribution in [0.2, 0.25) is 0 Å². The molecule has 1 fully saturated rings. The number of amidine groups is 1. The normalized spacial score (nSPS) is 21.2. The summed E-state index contributed by atoms with van der Waals surface area (Å²) in [6, 6.07) is 3.90. The first kappa shape index (κ1) is 35.1. The van der Waals surface area contributed by atoms with E-state index in [0.29, 0.717) is 18.2 Å². The smallest absolute Gasteiger partial charge is 0.862 e. The molecule has 11 nitrogen and oxygen atoms in total. The molecule has 0 unspecified atom stereocenters. The van der Waals surface area contributed by atoms with Gasteiger partial charge in [0.05, 0.1) is 18.6 Å². The Morgan fingerprint density at radius 2 is 1.79 bits per heavy atom. The minimum atomic E-state index is -0.171. The van der Waals surface area contributed by atoms with Crippen molar-refractivity contribution >= 4 is 23.7 Å². The van der Waals surface area contributed by atoms with Crippen molar-refractivity contribution < 1.29 is 29.7 Å². The number of fused-ring (bicyclic) bond motifs is 1. The van der Waals surface area contributed by atoms with Crippen molar-refractivity contribution in [3.05, 3.63) is 30.1 Å². The predicted octanol–water partition coefficient (Wildman–Crippen LogP) is 0.880. The van der Waals surface area contributed by atoms with Crippen LogP contribution in [-0.2, 0) is 26.0 Å². The monoisotopic (exact) mass is 519 g/mol. The summed E-state index contributed by atoms with van der Waals surface area (Å²) in [5, 5.41) is 26.3. The first-order chi connectivity index (χ1) is 11.2. The summed E-state index contributed by atoms with van der Waals surface area (Å²) in [6.07, 6.45) is 6.72. The summed E-state index contributed by atoms with van der Waals surface area (Å²) in [4.78, 5) is 12.2. The maximum Gasteiger partial charge on any atom is 2.00 e. The van der Waals surface area contributed by atoms with E-state index in [2.05, 4.69) is 20.3 Å². The van der Waals surface area contributed by atoms with Gasteiger partial charge in [-0.05, 0) is 42.9 Å². The van der Waals surface area contributed by atoms with E-state index in [1.165, 1.54) is 0 Å². The fraction of sp³-hybridized carbons (Fsp3) is 0.562. The van der Waals surface area contributed by atoms with Gasteiger partial charge in [0, 0.05) is 29.4 Å². The summed E-state index contributed by atoms with van der Waals surface area (Å²) >= 11 is 1.88. The van der Waals surface area contributed by atoms with Crippen molar-refractivity contribution in [3.63, 3.8) is 0 Å². The van der Waals surface area contributed by atoms with Crippen LogP contribution in [-0.4, -0.2) is 40.0 Å². The van der Waals surface area contributed by atoms with Gasteiger partial charge < -0.3 is 51.3 Å². The Morgan fingerprint density at radius 3 is 2.45 bits per heavy atom. The first-order valence-corrected chi connectivity index (χ1v) is 8.99. The van der Waals surface area contributed by atoms with E-state index >= 15 is 0 Å². The van der Waals surface area contributed by atoms with E-state index in [4.69, 9.17) is 0 Å². The van der Waals surface area contributed by atoms with Gasteiger partial charge in [0.15, 0.2) is 0 Å². The maximum absolute atomic E-state index is 11.8. The average molecular weight is 519 g/mol. The Kier molecular flexibility index (Phi) is 21.2. The van der Waals surface area contributed by atoms with Gasteiger partial charge in [0.1, 0.15) is 0 Å². The summed E-state index contributed by atoms with van der Waals surface area (Å²) < 4.78 is 0. The second kappa shape index (κ2) is 17.5. The van der Waals surface area contributed by atoms with Crippen molar-refractivity contribution in [1.29, 1.82) is 0 Å². The molecule has 16 N–H and O–H groups in total. The van der Waals surface area contributed by atoms with E-state index < -0.39 is 0 Å². The zero-order chi connectivity index (χ0) is 16.1. The van der Waals surface area contributed by atoms with E-state index in [1.54, 1.807) is 12.4 Å². The van der Waals surface area contributed by atoms with Crippen LogP contribution in [0.3, 0.4) is 0 Å². The number of aromatic nitrogens is 1. The number of nitrogens with one attached hydrogen (secondary N) is 1. The average Bonchev–Trinajstić information content (AvgIpc) is 3.10. The summed E-state index contributed by atoms with van der Waals surface area (Å²) in [6.45, 7) is 0.427. The molecule has 0 amide bonds. The molecule has 0 bridgehead atoms. The zero-order valence-electron chi connectivity index (χ0n) is 16.7. The molecule has 0 aliphatic carbocycles. The molecular weight excluding hydrogens is 483 g/mol. The van der Waals surface area contributed by atoms with Crippen molar-refractivity contribution in [2.24, 2.45) is 9.98 Å². The number of nitrogens with zero attached hydrogens (tertiary/aromatic N) is 3. The molecule has 0 saturated carbocycles. The number of unbranched alkanes of at least 4 members (excludes halogenated alkanes) is 1. The summed E-state index contributed by atoms with van der Waals surface area (Å²) in [7, 11) is 0. The topological polar surface area (TPSA) is 271 Å². The van der Waals surface area contributed by atoms with E-state index in [-0.39, 0.29) is 74.2 Å². The van der Waals surface area contributed by atoms with Gasteiger partial charge in [-0.3, -0.25) is 9.98 Å². The Labute approximate surface area is 189 Å². The minimum Gasteiger partial charge on any atom is -0.862 e. The van der Waals surface area contributed by atoms with Crippen LogP contribution >= 0.6 is 11.8 Å². The van der Waals surface area contributed by atoms with Crippen molar-refractivity contribution in [2.45, 2.75) is 49.6 Å². The Hall–Kier alpha value is -1.34. The second-order valence-corrected chi connectivity index (χ2v) is 7.13. The van der Waals surface area contributed by atoms with E-state index in [1.807, 2.05) is 23.9 Å². The zero-order valence-corrected chi connectivity index (χ0v) is 19.3. The molecule has 3 atom stereocenters. The van der Waals surface area contributed by atoms with Crippen molar-refractivity contribution in [2.75, 3.05) is 5.75 Å². The molecular formula is C16H35N9O2RuS. The third kappa shape index (κ3) is 10.3. The number of aliphatic imine (C=N–C) groups is 2. The molecule has 29 heavy (non-hydrogen) atoms. The van der Waals surface area contributed by atoms with Gasteiger partial charge in [-0.25, -0.2) is 0 Å². The number of pyridine rings is 1. The van der Waals surface area contributed by atoms with E-state index in [0.717, 1.165) is 30.6 Å². The fourth-order valence-electron chi connectivity index (χ4n) is 2.94. The van der Waals surface area contributed by atoms with Gasteiger partial charge in [0.25, 0.3) is 0 Å². The number of hydrogen-bond donors (Lipinski definition) is 6. The van der Waals surface area contributed by atoms with Crippen LogP contribution in [0.1, 0.15) is 31.2 Å². The summed E-state index contributed by atoms with van der Waals surface area (Å²) in [5.41, 5.74) is 1.00. The molecule has 2 aliphatic rings. The fourth-order valence-corrected chi connectivity index (χ4v) is 4.45. The van der Waals surface area contributed by atoms with Crippen LogP contribution in [0.4, 0.5) is 0 Å². The summed E-state index contributed by atoms with van der Waals surface area (Å²) in [5.74, 6) is 0.909.